The topological polar surface area (TPSA) is 92.9 Å². The van der Waals surface area contributed by atoms with Gasteiger partial charge in [-0.15, -0.1) is 5.10 Å². The highest BCUT2D eigenvalue weighted by atomic mass is 16.5. The normalized spacial score (nSPS) is 19.2. The number of aromatic nitrogens is 4. The zero-order chi connectivity index (χ0) is 15.0. The van der Waals surface area contributed by atoms with Crippen molar-refractivity contribution in [1.82, 2.24) is 24.5 Å². The van der Waals surface area contributed by atoms with E-state index in [1.807, 2.05) is 19.9 Å². The van der Waals surface area contributed by atoms with Crippen molar-refractivity contribution in [2.45, 2.75) is 19.9 Å². The van der Waals surface area contributed by atoms with Crippen molar-refractivity contribution in [2.75, 3.05) is 26.4 Å². The predicted octanol–water partition coefficient (Wildman–Crippen LogP) is -0.426. The summed E-state index contributed by atoms with van der Waals surface area (Å²) in [5.74, 6) is 0.195. The van der Waals surface area contributed by atoms with E-state index >= 15 is 0 Å². The average Bonchev–Trinajstić information content (AvgIpc) is 2.90. The molecule has 1 aliphatic heterocycles. The second kappa shape index (κ2) is 5.38. The first-order valence-electron chi connectivity index (χ1n) is 6.80. The first kappa shape index (κ1) is 13.9. The van der Waals surface area contributed by atoms with E-state index in [0.717, 1.165) is 11.4 Å². The molecule has 8 heteroatoms. The molecule has 1 amide bonds. The predicted molar refractivity (Wildman–Crippen MR) is 73.0 cm³/mol. The molecule has 1 fully saturated rings. The third kappa shape index (κ3) is 2.47. The lowest BCUT2D eigenvalue weighted by atomic mass is 10.2. The molecule has 3 heterocycles. The van der Waals surface area contributed by atoms with E-state index in [-0.39, 0.29) is 24.4 Å². The van der Waals surface area contributed by atoms with Crippen molar-refractivity contribution in [3.8, 4) is 0 Å². The van der Waals surface area contributed by atoms with Gasteiger partial charge in [-0.25, -0.2) is 9.50 Å². The van der Waals surface area contributed by atoms with E-state index in [1.54, 1.807) is 9.42 Å². The molecule has 112 valence electrons. The maximum Gasteiger partial charge on any atom is 0.294 e. The van der Waals surface area contributed by atoms with Crippen LogP contribution in [0.2, 0.25) is 0 Å². The zero-order valence-corrected chi connectivity index (χ0v) is 12.0. The summed E-state index contributed by atoms with van der Waals surface area (Å²) in [4.78, 5) is 22.6. The lowest BCUT2D eigenvalue weighted by Crippen LogP contribution is -2.50. The summed E-state index contributed by atoms with van der Waals surface area (Å²) in [6.07, 6.45) is 0. The van der Waals surface area contributed by atoms with Crippen molar-refractivity contribution >= 4 is 11.7 Å². The molecule has 0 aliphatic carbocycles. The first-order valence-corrected chi connectivity index (χ1v) is 6.80. The summed E-state index contributed by atoms with van der Waals surface area (Å²) >= 11 is 0. The summed E-state index contributed by atoms with van der Waals surface area (Å²) in [7, 11) is 0. The number of aliphatic hydroxyl groups excluding tert-OH is 1. The molecule has 1 aliphatic rings. The van der Waals surface area contributed by atoms with Gasteiger partial charge in [0.25, 0.3) is 11.7 Å². The number of nitrogens with zero attached hydrogens (tertiary/aromatic N) is 5. The lowest BCUT2D eigenvalue weighted by molar-refractivity contribution is -0.0189. The minimum absolute atomic E-state index is 0.0940. The largest absolute Gasteiger partial charge is 0.394 e. The third-order valence-corrected chi connectivity index (χ3v) is 3.51. The molecule has 1 atom stereocenters. The van der Waals surface area contributed by atoms with Crippen molar-refractivity contribution < 1.29 is 14.6 Å². The molecule has 0 spiro atoms. The second-order valence-corrected chi connectivity index (χ2v) is 5.10. The zero-order valence-electron chi connectivity index (χ0n) is 12.0. The molecular weight excluding hydrogens is 274 g/mol. The van der Waals surface area contributed by atoms with Crippen LogP contribution >= 0.6 is 0 Å². The van der Waals surface area contributed by atoms with Gasteiger partial charge in [0.1, 0.15) is 0 Å². The van der Waals surface area contributed by atoms with Gasteiger partial charge in [0.15, 0.2) is 0 Å². The Morgan fingerprint density at radius 3 is 3.05 bits per heavy atom. The number of rotatable bonds is 2. The van der Waals surface area contributed by atoms with Crippen LogP contribution in [0.15, 0.2) is 6.07 Å². The number of amides is 1. The molecule has 3 rings (SSSR count). The van der Waals surface area contributed by atoms with Crippen molar-refractivity contribution in [2.24, 2.45) is 0 Å². The summed E-state index contributed by atoms with van der Waals surface area (Å²) in [5, 5.41) is 13.6. The molecule has 8 nitrogen and oxygen atoms in total. The fourth-order valence-corrected chi connectivity index (χ4v) is 2.46. The Labute approximate surface area is 121 Å². The highest BCUT2D eigenvalue weighted by molar-refractivity contribution is 5.91. The van der Waals surface area contributed by atoms with Crippen LogP contribution in [-0.2, 0) is 4.74 Å². The van der Waals surface area contributed by atoms with Crippen LogP contribution in [-0.4, -0.2) is 67.9 Å². The molecule has 1 saturated heterocycles. The van der Waals surface area contributed by atoms with Crippen molar-refractivity contribution in [3.05, 3.63) is 23.3 Å². The van der Waals surface area contributed by atoms with E-state index in [9.17, 15) is 9.90 Å². The van der Waals surface area contributed by atoms with Crippen molar-refractivity contribution in [3.63, 3.8) is 0 Å². The fourth-order valence-electron chi connectivity index (χ4n) is 2.46. The Kier molecular flexibility index (Phi) is 3.56. The average molecular weight is 291 g/mol. The Hall–Kier alpha value is -2.06. The van der Waals surface area contributed by atoms with Gasteiger partial charge < -0.3 is 14.7 Å². The van der Waals surface area contributed by atoms with E-state index in [0.29, 0.717) is 25.5 Å². The van der Waals surface area contributed by atoms with Gasteiger partial charge in [-0.05, 0) is 19.9 Å². The Morgan fingerprint density at radius 2 is 2.29 bits per heavy atom. The molecule has 0 saturated carbocycles. The summed E-state index contributed by atoms with van der Waals surface area (Å²) in [6, 6.07) is 1.52. The molecular formula is C13H17N5O3. The van der Waals surface area contributed by atoms with Crippen LogP contribution in [0.3, 0.4) is 0 Å². The number of ether oxygens (including phenoxy) is 1. The van der Waals surface area contributed by atoms with Crippen LogP contribution in [0.1, 0.15) is 22.0 Å². The molecule has 2 aromatic rings. The van der Waals surface area contributed by atoms with Gasteiger partial charge in [0.2, 0.25) is 5.82 Å². The van der Waals surface area contributed by atoms with Crippen LogP contribution in [0.25, 0.3) is 5.78 Å². The number of hydrogen-bond acceptors (Lipinski definition) is 6. The Balaban J connectivity index is 1.96. The van der Waals surface area contributed by atoms with Crippen molar-refractivity contribution in [1.29, 1.82) is 0 Å². The lowest BCUT2D eigenvalue weighted by Gasteiger charge is -2.33. The number of carbonyl (C=O) groups is 1. The summed E-state index contributed by atoms with van der Waals surface area (Å²) in [5.41, 5.74) is 1.69. The SMILES string of the molecule is Cc1cc(C)n2nc(C(=O)N3CCOCC3CO)nc2n1. The highest BCUT2D eigenvalue weighted by Crippen LogP contribution is 2.12. The number of carbonyl (C=O) groups excluding carboxylic acids is 1. The second-order valence-electron chi connectivity index (χ2n) is 5.10. The molecule has 0 aromatic carbocycles. The minimum atomic E-state index is -0.353. The van der Waals surface area contributed by atoms with Gasteiger partial charge in [0.05, 0.1) is 25.9 Å². The van der Waals surface area contributed by atoms with Crippen LogP contribution in [0.5, 0.6) is 0 Å². The van der Waals surface area contributed by atoms with Gasteiger partial charge in [-0.3, -0.25) is 4.79 Å². The maximum absolute atomic E-state index is 12.5. The molecule has 2 aromatic heterocycles. The number of aryl methyl sites for hydroxylation is 2. The molecule has 0 bridgehead atoms. The van der Waals surface area contributed by atoms with E-state index < -0.39 is 0 Å². The maximum atomic E-state index is 12.5. The molecule has 1 unspecified atom stereocenters. The minimum Gasteiger partial charge on any atom is -0.394 e. The summed E-state index contributed by atoms with van der Waals surface area (Å²) in [6.45, 7) is 4.81. The summed E-state index contributed by atoms with van der Waals surface area (Å²) < 4.78 is 6.82. The van der Waals surface area contributed by atoms with E-state index in [1.165, 1.54) is 0 Å². The van der Waals surface area contributed by atoms with E-state index in [2.05, 4.69) is 15.1 Å². The van der Waals surface area contributed by atoms with Gasteiger partial charge in [0, 0.05) is 17.9 Å². The number of fused-ring (bicyclic) bond motifs is 1. The number of hydrogen-bond donors (Lipinski definition) is 1. The number of aliphatic hydroxyl groups is 1. The van der Waals surface area contributed by atoms with Crippen LogP contribution in [0, 0.1) is 13.8 Å². The smallest absolute Gasteiger partial charge is 0.294 e. The molecule has 21 heavy (non-hydrogen) atoms. The first-order chi connectivity index (χ1) is 10.1. The standard InChI is InChI=1S/C13H17N5O3/c1-8-5-9(2)18-13(14-8)15-11(16-18)12(20)17-3-4-21-7-10(17)6-19/h5,10,19H,3-4,6-7H2,1-2H3. The Bertz CT molecular complexity index is 684. The van der Waals surface area contributed by atoms with Crippen LogP contribution in [0.4, 0.5) is 0 Å². The van der Waals surface area contributed by atoms with Crippen LogP contribution < -0.4 is 0 Å². The quantitative estimate of drug-likeness (QED) is 0.807. The monoisotopic (exact) mass is 291 g/mol. The van der Waals surface area contributed by atoms with E-state index in [4.69, 9.17) is 4.74 Å². The third-order valence-electron chi connectivity index (χ3n) is 3.51. The Morgan fingerprint density at radius 1 is 1.48 bits per heavy atom. The van der Waals surface area contributed by atoms with Gasteiger partial charge in [-0.2, -0.15) is 4.98 Å². The highest BCUT2D eigenvalue weighted by Gasteiger charge is 2.30. The number of morpholine rings is 1. The van der Waals surface area contributed by atoms with Gasteiger partial charge >= 0.3 is 0 Å². The molecule has 1 N–H and O–H groups in total. The fraction of sp³-hybridized carbons (Fsp3) is 0.538. The molecule has 0 radical (unpaired) electrons. The van der Waals surface area contributed by atoms with Gasteiger partial charge in [-0.1, -0.05) is 0 Å².